The number of nitrogens with two attached hydrogens (primary N) is 1. The van der Waals surface area contributed by atoms with Crippen LogP contribution in [0.4, 0.5) is 0 Å². The number of piperidine rings is 1. The molecular weight excluding hydrogens is 244 g/mol. The van der Waals surface area contributed by atoms with Gasteiger partial charge in [0.25, 0.3) is 5.91 Å². The second-order valence-electron chi connectivity index (χ2n) is 5.21. The van der Waals surface area contributed by atoms with E-state index < -0.39 is 0 Å². The van der Waals surface area contributed by atoms with Crippen molar-refractivity contribution < 1.29 is 15.0 Å². The Kier molecular flexibility index (Phi) is 3.95. The monoisotopic (exact) mass is 264 g/mol. The Balaban J connectivity index is 2.15. The summed E-state index contributed by atoms with van der Waals surface area (Å²) in [6.07, 6.45) is 0.923. The molecule has 2 unspecified atom stereocenters. The molecule has 19 heavy (non-hydrogen) atoms. The van der Waals surface area contributed by atoms with Gasteiger partial charge in [-0.1, -0.05) is 6.92 Å². The summed E-state index contributed by atoms with van der Waals surface area (Å²) in [5, 5.41) is 19.0. The van der Waals surface area contributed by atoms with E-state index >= 15 is 0 Å². The Bertz CT molecular complexity index is 476. The first-order valence-electron chi connectivity index (χ1n) is 6.54. The highest BCUT2D eigenvalue weighted by atomic mass is 16.3. The molecule has 4 N–H and O–H groups in total. The van der Waals surface area contributed by atoms with E-state index in [2.05, 4.69) is 6.92 Å². The fourth-order valence-corrected chi connectivity index (χ4v) is 2.51. The van der Waals surface area contributed by atoms with E-state index in [1.165, 1.54) is 18.2 Å². The standard InChI is InChI=1S/C14H20N2O3/c1-9-4-5-16(8-10(9)7-15)14(19)12-3-2-11(17)6-13(12)18/h2-3,6,9-10,17-18H,4-5,7-8,15H2,1H3. The lowest BCUT2D eigenvalue weighted by Crippen LogP contribution is -2.45. The molecule has 1 heterocycles. The highest BCUT2D eigenvalue weighted by molar-refractivity contribution is 5.97. The van der Waals surface area contributed by atoms with Crippen molar-refractivity contribution in [3.8, 4) is 11.5 Å². The predicted molar refractivity (Wildman–Crippen MR) is 72.0 cm³/mol. The summed E-state index contributed by atoms with van der Waals surface area (Å²) in [5.41, 5.74) is 5.95. The molecule has 0 spiro atoms. The first-order valence-corrected chi connectivity index (χ1v) is 6.54. The Labute approximate surface area is 112 Å². The molecule has 5 heteroatoms. The quantitative estimate of drug-likeness (QED) is 0.748. The van der Waals surface area contributed by atoms with Crippen molar-refractivity contribution >= 4 is 5.91 Å². The lowest BCUT2D eigenvalue weighted by Gasteiger charge is -2.36. The number of benzene rings is 1. The maximum absolute atomic E-state index is 12.3. The van der Waals surface area contributed by atoms with Crippen LogP contribution in [-0.4, -0.2) is 40.7 Å². The molecule has 1 aliphatic heterocycles. The molecule has 2 rings (SSSR count). The number of hydrogen-bond acceptors (Lipinski definition) is 4. The van der Waals surface area contributed by atoms with Crippen molar-refractivity contribution in [2.24, 2.45) is 17.6 Å². The molecule has 1 aliphatic rings. The predicted octanol–water partition coefficient (Wildman–Crippen LogP) is 1.15. The van der Waals surface area contributed by atoms with Crippen LogP contribution in [0.25, 0.3) is 0 Å². The minimum atomic E-state index is -0.206. The molecule has 104 valence electrons. The second kappa shape index (κ2) is 5.48. The molecule has 0 saturated carbocycles. The Morgan fingerprint density at radius 2 is 2.21 bits per heavy atom. The summed E-state index contributed by atoms with van der Waals surface area (Å²) in [6.45, 7) is 4.01. The van der Waals surface area contributed by atoms with Crippen LogP contribution in [0.5, 0.6) is 11.5 Å². The number of carbonyl (C=O) groups excluding carboxylic acids is 1. The fourth-order valence-electron chi connectivity index (χ4n) is 2.51. The van der Waals surface area contributed by atoms with Crippen molar-refractivity contribution in [2.75, 3.05) is 19.6 Å². The number of nitrogens with zero attached hydrogens (tertiary/aromatic N) is 1. The molecule has 1 amide bonds. The summed E-state index contributed by atoms with van der Waals surface area (Å²) < 4.78 is 0. The normalized spacial score (nSPS) is 23.4. The van der Waals surface area contributed by atoms with Gasteiger partial charge in [0, 0.05) is 19.2 Å². The Hall–Kier alpha value is -1.75. The van der Waals surface area contributed by atoms with Crippen LogP contribution in [0.3, 0.4) is 0 Å². The molecule has 1 aromatic carbocycles. The summed E-state index contributed by atoms with van der Waals surface area (Å²) in [6, 6.07) is 4.03. The Morgan fingerprint density at radius 1 is 1.47 bits per heavy atom. The first-order chi connectivity index (χ1) is 9.02. The van der Waals surface area contributed by atoms with Crippen LogP contribution in [-0.2, 0) is 0 Å². The number of amides is 1. The molecule has 1 aromatic rings. The molecule has 1 fully saturated rings. The molecular formula is C14H20N2O3. The summed E-state index contributed by atoms with van der Waals surface area (Å²) in [5.74, 6) is 0.372. The van der Waals surface area contributed by atoms with Crippen LogP contribution in [0.1, 0.15) is 23.7 Å². The number of hydrogen-bond donors (Lipinski definition) is 3. The molecule has 0 aliphatic carbocycles. The lowest BCUT2D eigenvalue weighted by atomic mass is 9.87. The number of likely N-dealkylation sites (tertiary alicyclic amines) is 1. The van der Waals surface area contributed by atoms with E-state index in [0.717, 1.165) is 6.42 Å². The summed E-state index contributed by atoms with van der Waals surface area (Å²) >= 11 is 0. The first kappa shape index (κ1) is 13.7. The van der Waals surface area contributed by atoms with E-state index in [4.69, 9.17) is 5.73 Å². The van der Waals surface area contributed by atoms with Crippen molar-refractivity contribution in [1.82, 2.24) is 4.90 Å². The SMILES string of the molecule is CC1CCN(C(=O)c2ccc(O)cc2O)CC1CN. The van der Waals surface area contributed by atoms with Gasteiger partial charge in [0.1, 0.15) is 11.5 Å². The van der Waals surface area contributed by atoms with Crippen molar-refractivity contribution in [3.05, 3.63) is 23.8 Å². The summed E-state index contributed by atoms with van der Waals surface area (Å²) in [4.78, 5) is 14.1. The molecule has 0 aromatic heterocycles. The molecule has 1 saturated heterocycles. The van der Waals surface area contributed by atoms with Gasteiger partial charge in [0.15, 0.2) is 0 Å². The summed E-state index contributed by atoms with van der Waals surface area (Å²) in [7, 11) is 0. The molecule has 2 atom stereocenters. The molecule has 0 radical (unpaired) electrons. The highest BCUT2D eigenvalue weighted by Gasteiger charge is 2.29. The number of phenolic OH excluding ortho intramolecular Hbond substituents is 2. The van der Waals surface area contributed by atoms with Gasteiger partial charge in [-0.3, -0.25) is 4.79 Å². The van der Waals surface area contributed by atoms with Gasteiger partial charge in [0.05, 0.1) is 5.56 Å². The topological polar surface area (TPSA) is 86.8 Å². The van der Waals surface area contributed by atoms with E-state index in [1.54, 1.807) is 4.90 Å². The number of rotatable bonds is 2. The zero-order valence-corrected chi connectivity index (χ0v) is 11.0. The fraction of sp³-hybridized carbons (Fsp3) is 0.500. The zero-order valence-electron chi connectivity index (χ0n) is 11.0. The zero-order chi connectivity index (χ0) is 14.0. The number of carbonyl (C=O) groups is 1. The maximum Gasteiger partial charge on any atom is 0.257 e. The van der Waals surface area contributed by atoms with E-state index in [-0.39, 0.29) is 23.0 Å². The van der Waals surface area contributed by atoms with Gasteiger partial charge in [-0.05, 0) is 36.9 Å². The van der Waals surface area contributed by atoms with E-state index in [0.29, 0.717) is 31.5 Å². The van der Waals surface area contributed by atoms with Gasteiger partial charge in [-0.25, -0.2) is 0 Å². The third-order valence-corrected chi connectivity index (χ3v) is 3.92. The van der Waals surface area contributed by atoms with Crippen LogP contribution in [0.15, 0.2) is 18.2 Å². The minimum absolute atomic E-state index is 0.0545. The van der Waals surface area contributed by atoms with E-state index in [9.17, 15) is 15.0 Å². The van der Waals surface area contributed by atoms with Crippen LogP contribution >= 0.6 is 0 Å². The number of aromatic hydroxyl groups is 2. The van der Waals surface area contributed by atoms with E-state index in [1.807, 2.05) is 0 Å². The molecule has 5 nitrogen and oxygen atoms in total. The second-order valence-corrected chi connectivity index (χ2v) is 5.21. The lowest BCUT2D eigenvalue weighted by molar-refractivity contribution is 0.0615. The smallest absolute Gasteiger partial charge is 0.257 e. The van der Waals surface area contributed by atoms with Crippen LogP contribution < -0.4 is 5.73 Å². The van der Waals surface area contributed by atoms with Gasteiger partial charge in [-0.2, -0.15) is 0 Å². The maximum atomic E-state index is 12.3. The van der Waals surface area contributed by atoms with Gasteiger partial charge >= 0.3 is 0 Å². The average Bonchev–Trinajstić information content (AvgIpc) is 2.38. The van der Waals surface area contributed by atoms with Gasteiger partial charge in [-0.15, -0.1) is 0 Å². The minimum Gasteiger partial charge on any atom is -0.508 e. The Morgan fingerprint density at radius 3 is 2.84 bits per heavy atom. The molecule has 0 bridgehead atoms. The van der Waals surface area contributed by atoms with Gasteiger partial charge in [0.2, 0.25) is 0 Å². The third-order valence-electron chi connectivity index (χ3n) is 3.92. The largest absolute Gasteiger partial charge is 0.508 e. The van der Waals surface area contributed by atoms with Crippen LogP contribution in [0, 0.1) is 11.8 Å². The van der Waals surface area contributed by atoms with Crippen molar-refractivity contribution in [2.45, 2.75) is 13.3 Å². The van der Waals surface area contributed by atoms with Gasteiger partial charge < -0.3 is 20.8 Å². The van der Waals surface area contributed by atoms with Crippen molar-refractivity contribution in [3.63, 3.8) is 0 Å². The number of phenols is 2. The third kappa shape index (κ3) is 2.81. The van der Waals surface area contributed by atoms with Crippen molar-refractivity contribution in [1.29, 1.82) is 0 Å². The highest BCUT2D eigenvalue weighted by Crippen LogP contribution is 2.27. The van der Waals surface area contributed by atoms with Crippen LogP contribution in [0.2, 0.25) is 0 Å². The average molecular weight is 264 g/mol.